The van der Waals surface area contributed by atoms with Gasteiger partial charge in [-0.15, -0.1) is 0 Å². The van der Waals surface area contributed by atoms with E-state index in [4.69, 9.17) is 5.41 Å². The fourth-order valence-corrected chi connectivity index (χ4v) is 5.00. The van der Waals surface area contributed by atoms with E-state index in [1.165, 1.54) is 38.1 Å². The molecule has 2 saturated carbocycles. The van der Waals surface area contributed by atoms with Crippen LogP contribution in [0.25, 0.3) is 0 Å². The molecule has 3 N–H and O–H groups in total. The highest BCUT2D eigenvalue weighted by molar-refractivity contribution is 5.82. The monoisotopic (exact) mass is 365 g/mol. The number of fused-ring (bicyclic) bond motifs is 1. The number of nitriles is 1. The van der Waals surface area contributed by atoms with Crippen molar-refractivity contribution in [2.75, 3.05) is 11.4 Å². The number of pyridine rings is 1. The number of hydrogen-bond acceptors (Lipinski definition) is 5. The van der Waals surface area contributed by atoms with Gasteiger partial charge in [-0.2, -0.15) is 5.26 Å². The molecule has 1 aliphatic heterocycles. The standard InChI is InChI=1S/C21H27N5O/c22-9-14(11-24-16-5-1-2-6-16)18-13-26(17-7-3-4-8-17)20-15(10-23)12-25-21(27)19(18)20/h9,11-12,16-18,22,24H,1-8,13H2,(H,25,27)/b14-11+,22-9?. The summed E-state index contributed by atoms with van der Waals surface area (Å²) < 4.78 is 0. The van der Waals surface area contributed by atoms with Crippen LogP contribution < -0.4 is 15.8 Å². The summed E-state index contributed by atoms with van der Waals surface area (Å²) in [4.78, 5) is 17.7. The molecule has 0 bridgehead atoms. The second-order valence-electron chi connectivity index (χ2n) is 7.99. The summed E-state index contributed by atoms with van der Waals surface area (Å²) >= 11 is 0. The SMILES string of the molecule is N#Cc1c[nH]c(=O)c2c1N(C1CCCC1)CC2/C(C=N)=C/NC1CCCC1. The Labute approximate surface area is 159 Å². The van der Waals surface area contributed by atoms with Crippen molar-refractivity contribution in [3.63, 3.8) is 0 Å². The van der Waals surface area contributed by atoms with Gasteiger partial charge in [-0.25, -0.2) is 0 Å². The topological polar surface area (TPSA) is 95.8 Å². The Balaban J connectivity index is 1.72. The van der Waals surface area contributed by atoms with E-state index in [-0.39, 0.29) is 11.5 Å². The lowest BCUT2D eigenvalue weighted by atomic mass is 9.94. The Bertz CT molecular complexity index is 837. The molecule has 6 nitrogen and oxygen atoms in total. The van der Waals surface area contributed by atoms with E-state index >= 15 is 0 Å². The zero-order valence-corrected chi connectivity index (χ0v) is 15.6. The minimum Gasteiger partial charge on any atom is -0.388 e. The minimum atomic E-state index is -0.163. The Morgan fingerprint density at radius 1 is 1.26 bits per heavy atom. The molecular formula is C21H27N5O. The molecule has 2 heterocycles. The highest BCUT2D eigenvalue weighted by Crippen LogP contribution is 2.43. The average Bonchev–Trinajstić information content (AvgIpc) is 3.43. The van der Waals surface area contributed by atoms with Gasteiger partial charge < -0.3 is 20.6 Å². The third kappa shape index (κ3) is 3.27. The Hall–Kier alpha value is -2.55. The maximum atomic E-state index is 12.7. The molecule has 6 heteroatoms. The third-order valence-electron chi connectivity index (χ3n) is 6.41. The first-order chi connectivity index (χ1) is 13.2. The van der Waals surface area contributed by atoms with Crippen molar-refractivity contribution < 1.29 is 0 Å². The predicted molar refractivity (Wildman–Crippen MR) is 106 cm³/mol. The van der Waals surface area contributed by atoms with Crippen LogP contribution in [0.1, 0.15) is 68.4 Å². The molecule has 1 atom stereocenters. The first-order valence-electron chi connectivity index (χ1n) is 10.1. The number of nitrogens with one attached hydrogen (secondary N) is 3. The lowest BCUT2D eigenvalue weighted by molar-refractivity contribution is 0.596. The maximum absolute atomic E-state index is 12.7. The molecule has 4 rings (SSSR count). The van der Waals surface area contributed by atoms with E-state index in [1.54, 1.807) is 0 Å². The predicted octanol–water partition coefficient (Wildman–Crippen LogP) is 3.16. The fourth-order valence-electron chi connectivity index (χ4n) is 5.00. The lowest BCUT2D eigenvalue weighted by Crippen LogP contribution is -2.33. The van der Waals surface area contributed by atoms with Crippen molar-refractivity contribution in [2.45, 2.75) is 69.4 Å². The van der Waals surface area contributed by atoms with Gasteiger partial charge in [-0.05, 0) is 31.3 Å². The molecular weight excluding hydrogens is 338 g/mol. The van der Waals surface area contributed by atoms with E-state index in [9.17, 15) is 10.1 Å². The zero-order valence-electron chi connectivity index (χ0n) is 15.6. The van der Waals surface area contributed by atoms with Crippen molar-refractivity contribution >= 4 is 11.9 Å². The number of nitrogens with zero attached hydrogens (tertiary/aromatic N) is 2. The van der Waals surface area contributed by atoms with Crippen molar-refractivity contribution in [3.05, 3.63) is 39.5 Å². The molecule has 0 aromatic carbocycles. The number of aromatic amines is 1. The summed E-state index contributed by atoms with van der Waals surface area (Å²) in [5.74, 6) is -0.163. The first kappa shape index (κ1) is 17.8. The molecule has 2 aliphatic carbocycles. The molecule has 142 valence electrons. The Morgan fingerprint density at radius 2 is 1.96 bits per heavy atom. The van der Waals surface area contributed by atoms with Crippen LogP contribution in [0.5, 0.6) is 0 Å². The maximum Gasteiger partial charge on any atom is 0.254 e. The molecule has 1 unspecified atom stereocenters. The third-order valence-corrected chi connectivity index (χ3v) is 6.41. The lowest BCUT2D eigenvalue weighted by Gasteiger charge is -2.27. The molecule has 3 aliphatic rings. The van der Waals surface area contributed by atoms with E-state index in [0.717, 1.165) is 36.9 Å². The molecule has 0 radical (unpaired) electrons. The van der Waals surface area contributed by atoms with E-state index < -0.39 is 0 Å². The van der Waals surface area contributed by atoms with Gasteiger partial charge in [0.25, 0.3) is 5.56 Å². The summed E-state index contributed by atoms with van der Waals surface area (Å²) in [7, 11) is 0. The summed E-state index contributed by atoms with van der Waals surface area (Å²) in [5, 5.41) is 21.0. The van der Waals surface area contributed by atoms with Crippen LogP contribution in [0.4, 0.5) is 5.69 Å². The quantitative estimate of drug-likeness (QED) is 0.699. The fraction of sp³-hybridized carbons (Fsp3) is 0.571. The molecule has 27 heavy (non-hydrogen) atoms. The summed E-state index contributed by atoms with van der Waals surface area (Å²) in [6, 6.07) is 3.11. The first-order valence-corrected chi connectivity index (χ1v) is 10.1. The largest absolute Gasteiger partial charge is 0.388 e. The van der Waals surface area contributed by atoms with Gasteiger partial charge >= 0.3 is 0 Å². The number of hydrogen-bond donors (Lipinski definition) is 3. The summed E-state index contributed by atoms with van der Waals surface area (Å²) in [5.41, 5.74) is 2.68. The van der Waals surface area contributed by atoms with Crippen LogP contribution in [-0.2, 0) is 0 Å². The van der Waals surface area contributed by atoms with E-state index in [2.05, 4.69) is 21.3 Å². The minimum absolute atomic E-state index is 0.136. The second-order valence-corrected chi connectivity index (χ2v) is 7.99. The molecule has 0 amide bonds. The molecule has 0 saturated heterocycles. The normalized spacial score (nSPS) is 23.4. The summed E-state index contributed by atoms with van der Waals surface area (Å²) in [6.45, 7) is 0.676. The number of rotatable bonds is 5. The molecule has 1 aromatic rings. The van der Waals surface area contributed by atoms with Gasteiger partial charge in [-0.1, -0.05) is 25.7 Å². The highest BCUT2D eigenvalue weighted by Gasteiger charge is 2.39. The van der Waals surface area contributed by atoms with Gasteiger partial charge in [0.05, 0.1) is 16.8 Å². The van der Waals surface area contributed by atoms with Crippen molar-refractivity contribution in [1.82, 2.24) is 10.3 Å². The van der Waals surface area contributed by atoms with Crippen LogP contribution in [0.3, 0.4) is 0 Å². The highest BCUT2D eigenvalue weighted by atomic mass is 16.1. The Kier molecular flexibility index (Phi) is 5.02. The smallest absolute Gasteiger partial charge is 0.254 e. The zero-order chi connectivity index (χ0) is 18.8. The van der Waals surface area contributed by atoms with Gasteiger partial charge in [0.15, 0.2) is 0 Å². The van der Waals surface area contributed by atoms with Gasteiger partial charge in [0, 0.05) is 43.2 Å². The number of H-pyrrole nitrogens is 1. The van der Waals surface area contributed by atoms with Gasteiger partial charge in [-0.3, -0.25) is 4.79 Å². The average molecular weight is 365 g/mol. The van der Waals surface area contributed by atoms with Crippen molar-refractivity contribution in [1.29, 1.82) is 10.7 Å². The van der Waals surface area contributed by atoms with Crippen molar-refractivity contribution in [3.8, 4) is 6.07 Å². The van der Waals surface area contributed by atoms with Crippen LogP contribution in [0.15, 0.2) is 22.8 Å². The molecule has 0 spiro atoms. The van der Waals surface area contributed by atoms with Crippen LogP contribution in [-0.4, -0.2) is 29.8 Å². The number of anilines is 1. The second kappa shape index (κ2) is 7.59. The molecule has 2 fully saturated rings. The molecule has 1 aromatic heterocycles. The van der Waals surface area contributed by atoms with Crippen LogP contribution in [0, 0.1) is 16.7 Å². The van der Waals surface area contributed by atoms with Crippen molar-refractivity contribution in [2.24, 2.45) is 0 Å². The van der Waals surface area contributed by atoms with E-state index in [0.29, 0.717) is 29.8 Å². The number of aromatic nitrogens is 1. The van der Waals surface area contributed by atoms with E-state index in [1.807, 2.05) is 6.20 Å². The Morgan fingerprint density at radius 3 is 2.63 bits per heavy atom. The van der Waals surface area contributed by atoms with Crippen LogP contribution in [0.2, 0.25) is 0 Å². The van der Waals surface area contributed by atoms with Crippen LogP contribution >= 0.6 is 0 Å². The summed E-state index contributed by atoms with van der Waals surface area (Å²) in [6.07, 6.45) is 14.3. The van der Waals surface area contributed by atoms with Gasteiger partial charge in [0.1, 0.15) is 6.07 Å². The van der Waals surface area contributed by atoms with Gasteiger partial charge in [0.2, 0.25) is 0 Å².